The van der Waals surface area contributed by atoms with Crippen LogP contribution in [0, 0.1) is 0 Å². The highest BCUT2D eigenvalue weighted by Gasteiger charge is 2.24. The highest BCUT2D eigenvalue weighted by molar-refractivity contribution is 6.23. The van der Waals surface area contributed by atoms with Crippen molar-refractivity contribution in [1.29, 1.82) is 0 Å². The van der Waals surface area contributed by atoms with Crippen molar-refractivity contribution < 1.29 is 0 Å². The number of aromatic nitrogens is 8. The summed E-state index contributed by atoms with van der Waals surface area (Å²) in [5.41, 5.74) is 14.1. The Morgan fingerprint density at radius 2 is 0.615 bits per heavy atom. The Morgan fingerprint density at radius 3 is 1.22 bits per heavy atom. The molecule has 8 heteroatoms. The number of rotatable bonds is 9. The molecule has 0 amide bonds. The van der Waals surface area contributed by atoms with Crippen LogP contribution < -0.4 is 0 Å². The van der Waals surface area contributed by atoms with Gasteiger partial charge >= 0.3 is 0 Å². The summed E-state index contributed by atoms with van der Waals surface area (Å²) < 4.78 is 4.66. The predicted molar refractivity (Wildman–Crippen MR) is 317 cm³/mol. The Hall–Kier alpha value is -10.7. The molecule has 4 heterocycles. The number of para-hydroxylation sites is 2. The molecule has 0 aliphatic heterocycles. The first-order valence-electron chi connectivity index (χ1n) is 26.1. The molecule has 15 rings (SSSR count). The van der Waals surface area contributed by atoms with Gasteiger partial charge in [-0.25, -0.2) is 19.9 Å². The predicted octanol–water partition coefficient (Wildman–Crippen LogP) is 17.1. The van der Waals surface area contributed by atoms with Gasteiger partial charge in [0, 0.05) is 55.0 Å². The summed E-state index contributed by atoms with van der Waals surface area (Å²) in [6.45, 7) is 0. The molecular formula is C70H44N8. The van der Waals surface area contributed by atoms with Crippen LogP contribution in [0.1, 0.15) is 0 Å². The summed E-state index contributed by atoms with van der Waals surface area (Å²) in [4.78, 5) is 31.3. The van der Waals surface area contributed by atoms with Gasteiger partial charge in [-0.1, -0.05) is 231 Å². The first kappa shape index (κ1) is 44.8. The van der Waals surface area contributed by atoms with E-state index in [-0.39, 0.29) is 0 Å². The summed E-state index contributed by atoms with van der Waals surface area (Å²) >= 11 is 0. The van der Waals surface area contributed by atoms with Gasteiger partial charge in [0.2, 0.25) is 5.95 Å². The molecule has 8 nitrogen and oxygen atoms in total. The zero-order valence-electron chi connectivity index (χ0n) is 42.0. The van der Waals surface area contributed by atoms with E-state index >= 15 is 0 Å². The van der Waals surface area contributed by atoms with Crippen molar-refractivity contribution in [2.45, 2.75) is 0 Å². The zero-order chi connectivity index (χ0) is 51.5. The van der Waals surface area contributed by atoms with Crippen LogP contribution in [-0.2, 0) is 0 Å². The molecule has 0 saturated heterocycles. The second-order valence-electron chi connectivity index (χ2n) is 19.5. The van der Waals surface area contributed by atoms with Crippen LogP contribution >= 0.6 is 0 Å². The second-order valence-corrected chi connectivity index (χ2v) is 19.5. The van der Waals surface area contributed by atoms with Crippen molar-refractivity contribution in [2.24, 2.45) is 0 Å². The molecule has 0 N–H and O–H groups in total. The van der Waals surface area contributed by atoms with Crippen LogP contribution in [0.25, 0.3) is 145 Å². The molecular weight excluding hydrogens is 953 g/mol. The average Bonchev–Trinajstić information content (AvgIpc) is 4.28. The van der Waals surface area contributed by atoms with E-state index < -0.39 is 0 Å². The zero-order valence-corrected chi connectivity index (χ0v) is 42.0. The molecule has 0 bridgehead atoms. The molecule has 0 radical (unpaired) electrons. The molecule has 15 aromatic rings. The Balaban J connectivity index is 0.938. The van der Waals surface area contributed by atoms with E-state index in [1.165, 1.54) is 21.9 Å². The van der Waals surface area contributed by atoms with Gasteiger partial charge in [0.15, 0.2) is 29.1 Å². The van der Waals surface area contributed by atoms with Gasteiger partial charge < -0.3 is 4.57 Å². The van der Waals surface area contributed by atoms with Gasteiger partial charge in [0.1, 0.15) is 0 Å². The number of fused-ring (bicyclic) bond motifs is 8. The third-order valence-corrected chi connectivity index (χ3v) is 14.8. The summed E-state index contributed by atoms with van der Waals surface area (Å²) in [5, 5.41) is 6.91. The second kappa shape index (κ2) is 18.6. The van der Waals surface area contributed by atoms with Gasteiger partial charge in [0.25, 0.3) is 0 Å². The van der Waals surface area contributed by atoms with E-state index in [9.17, 15) is 0 Å². The lowest BCUT2D eigenvalue weighted by Crippen LogP contribution is -2.07. The van der Waals surface area contributed by atoms with Crippen molar-refractivity contribution in [3.05, 3.63) is 267 Å². The van der Waals surface area contributed by atoms with Crippen molar-refractivity contribution in [2.75, 3.05) is 0 Å². The number of nitrogens with zero attached hydrogens (tertiary/aromatic N) is 8. The van der Waals surface area contributed by atoms with Crippen LogP contribution in [0.3, 0.4) is 0 Å². The van der Waals surface area contributed by atoms with Gasteiger partial charge in [-0.05, 0) is 69.4 Å². The monoisotopic (exact) mass is 996 g/mol. The van der Waals surface area contributed by atoms with Gasteiger partial charge in [-0.2, -0.15) is 9.97 Å². The highest BCUT2D eigenvalue weighted by atomic mass is 15.2. The topological polar surface area (TPSA) is 87.2 Å². The van der Waals surface area contributed by atoms with E-state index in [1.54, 1.807) is 0 Å². The smallest absolute Gasteiger partial charge is 0.238 e. The maximum absolute atomic E-state index is 5.48. The molecule has 0 aliphatic rings. The first-order chi connectivity index (χ1) is 38.7. The maximum Gasteiger partial charge on any atom is 0.238 e. The minimum absolute atomic E-state index is 0.497. The van der Waals surface area contributed by atoms with Crippen LogP contribution in [0.4, 0.5) is 0 Å². The molecule has 0 saturated carbocycles. The van der Waals surface area contributed by atoms with Crippen molar-refractivity contribution in [1.82, 2.24) is 39.0 Å². The van der Waals surface area contributed by atoms with E-state index in [2.05, 4.69) is 167 Å². The van der Waals surface area contributed by atoms with Crippen LogP contribution in [-0.4, -0.2) is 39.0 Å². The molecule has 0 aliphatic carbocycles. The van der Waals surface area contributed by atoms with E-state index in [4.69, 9.17) is 29.9 Å². The SMILES string of the molecule is c1ccc(-c2nc(-c3ccccc3)nc(-c3cccc(-c4nc(-c5ccccc5)nc(-n5c6ccccc6c6ccc7c8ccccc8n(-c8cccc(-c9cccc(-c%10cccc%11ccccc%10%11)c9)c8)c7c65)n4)c3)n2)cc1. The summed E-state index contributed by atoms with van der Waals surface area (Å²) in [7, 11) is 0. The Morgan fingerprint density at radius 1 is 0.231 bits per heavy atom. The van der Waals surface area contributed by atoms with E-state index in [0.29, 0.717) is 35.1 Å². The third kappa shape index (κ3) is 7.70. The Labute approximate surface area is 449 Å². The molecule has 11 aromatic carbocycles. The van der Waals surface area contributed by atoms with Crippen molar-refractivity contribution >= 4 is 54.4 Å². The molecule has 0 spiro atoms. The fourth-order valence-corrected chi connectivity index (χ4v) is 11.2. The van der Waals surface area contributed by atoms with Gasteiger partial charge in [0.05, 0.1) is 22.1 Å². The average molecular weight is 997 g/mol. The normalized spacial score (nSPS) is 11.6. The quantitative estimate of drug-likeness (QED) is 0.143. The highest BCUT2D eigenvalue weighted by Crippen LogP contribution is 2.43. The molecule has 0 atom stereocenters. The summed E-state index contributed by atoms with van der Waals surface area (Å²) in [6, 6.07) is 93.1. The third-order valence-electron chi connectivity index (χ3n) is 14.8. The Kier molecular flexibility index (Phi) is 10.7. The van der Waals surface area contributed by atoms with E-state index in [1.807, 2.05) is 109 Å². The maximum atomic E-state index is 5.48. The number of hydrogen-bond donors (Lipinski definition) is 0. The van der Waals surface area contributed by atoms with Crippen molar-refractivity contribution in [3.8, 4) is 90.8 Å². The Bertz CT molecular complexity index is 4730. The molecule has 0 fully saturated rings. The van der Waals surface area contributed by atoms with E-state index in [0.717, 1.165) is 88.2 Å². The van der Waals surface area contributed by atoms with Crippen LogP contribution in [0.2, 0.25) is 0 Å². The minimum atomic E-state index is 0.497. The lowest BCUT2D eigenvalue weighted by atomic mass is 9.95. The largest absolute Gasteiger partial charge is 0.307 e. The van der Waals surface area contributed by atoms with Crippen LogP contribution in [0.15, 0.2) is 267 Å². The minimum Gasteiger partial charge on any atom is -0.307 e. The van der Waals surface area contributed by atoms with Crippen LogP contribution in [0.5, 0.6) is 0 Å². The number of hydrogen-bond acceptors (Lipinski definition) is 6. The van der Waals surface area contributed by atoms with Gasteiger partial charge in [-0.15, -0.1) is 0 Å². The lowest BCUT2D eigenvalue weighted by Gasteiger charge is -2.14. The first-order valence-corrected chi connectivity index (χ1v) is 26.1. The number of benzene rings is 11. The summed E-state index contributed by atoms with van der Waals surface area (Å²) in [5.74, 6) is 3.28. The fraction of sp³-hybridized carbons (Fsp3) is 0. The van der Waals surface area contributed by atoms with Gasteiger partial charge in [-0.3, -0.25) is 4.57 Å². The standard InChI is InChI=1S/C70H44N8/c1-4-21-46(22-5-1)65-71-66(47-23-6-2-7-24-47)73-68(72-65)52-31-17-32-53(43-52)69-74-67(48-25-8-3-9-26-48)75-70(76-69)78-62-39-15-13-36-58(62)60-41-40-59-57-35-12-14-38-61(57)77(63(59)64(60)78)54-33-18-29-50(44-54)49-28-16-30-51(42-49)56-37-19-27-45-20-10-11-34-55(45)56/h1-44H. The van der Waals surface area contributed by atoms with Crippen molar-refractivity contribution in [3.63, 3.8) is 0 Å². The molecule has 4 aromatic heterocycles. The molecule has 364 valence electrons. The molecule has 0 unspecified atom stereocenters. The fourth-order valence-electron chi connectivity index (χ4n) is 11.2. The lowest BCUT2D eigenvalue weighted by molar-refractivity contribution is 0.953. The molecule has 78 heavy (non-hydrogen) atoms. The summed E-state index contributed by atoms with van der Waals surface area (Å²) in [6.07, 6.45) is 0.